The van der Waals surface area contributed by atoms with Crippen molar-refractivity contribution in [3.05, 3.63) is 47.0 Å². The van der Waals surface area contributed by atoms with Crippen molar-refractivity contribution in [2.45, 2.75) is 42.6 Å². The van der Waals surface area contributed by atoms with Crippen LogP contribution < -0.4 is 10.6 Å². The molecule has 2 aromatic carbocycles. The zero-order valence-corrected chi connectivity index (χ0v) is 22.5. The number of hydrogen-bond donors (Lipinski definition) is 12. The Morgan fingerprint density at radius 3 is 2.05 bits per heavy atom. The second kappa shape index (κ2) is 14.2. The van der Waals surface area contributed by atoms with Gasteiger partial charge in [-0.3, -0.25) is 9.59 Å². The lowest BCUT2D eigenvalue weighted by Gasteiger charge is -2.40. The van der Waals surface area contributed by atoms with Gasteiger partial charge < -0.3 is 71.2 Å². The van der Waals surface area contributed by atoms with Gasteiger partial charge in [0.2, 0.25) is 0 Å². The quantitative estimate of drug-likeness (QED) is 0.0852. The van der Waals surface area contributed by atoms with Crippen molar-refractivity contribution in [2.75, 3.05) is 19.8 Å². The first-order valence-electron chi connectivity index (χ1n) is 12.7. The minimum absolute atomic E-state index is 0.222. The largest absolute Gasteiger partial charge is 0.504 e. The third kappa shape index (κ3) is 7.25. The molecular formula is C26H30N2O16. The molecule has 44 heavy (non-hydrogen) atoms. The molecule has 1 aliphatic rings. The number of carboxylic acids is 1. The molecule has 0 aliphatic carbocycles. The van der Waals surface area contributed by atoms with Gasteiger partial charge in [-0.25, -0.2) is 9.59 Å². The summed E-state index contributed by atoms with van der Waals surface area (Å²) in [5.74, 6) is -8.95. The van der Waals surface area contributed by atoms with E-state index in [1.54, 1.807) is 0 Å². The number of aliphatic hydroxyl groups excluding tert-OH is 5. The van der Waals surface area contributed by atoms with Gasteiger partial charge in [-0.1, -0.05) is 6.07 Å². The summed E-state index contributed by atoms with van der Waals surface area (Å²) < 4.78 is 10.2. The fourth-order valence-corrected chi connectivity index (χ4v) is 4.16. The van der Waals surface area contributed by atoms with E-state index >= 15 is 0 Å². The topological polar surface area (TPSA) is 313 Å². The number of carboxylic acid groups (broad SMARTS) is 1. The van der Waals surface area contributed by atoms with E-state index in [0.717, 1.165) is 24.3 Å². The Morgan fingerprint density at radius 2 is 1.43 bits per heavy atom. The number of benzene rings is 2. The molecule has 0 spiro atoms. The summed E-state index contributed by atoms with van der Waals surface area (Å²) in [4.78, 5) is 49.5. The SMILES string of the molecule is O=C(N[C@@H](COC(=O)[C@H](CO)NC(=O)c1cccc(O)c1O)C(=O)O)c1cc([C@@H]2O[C@H](CO)[C@@H](O)[C@H](O)[C@H]2O)cc(O)c1O. The van der Waals surface area contributed by atoms with Gasteiger partial charge in [-0.15, -0.1) is 0 Å². The monoisotopic (exact) mass is 626 g/mol. The highest BCUT2D eigenvalue weighted by atomic mass is 16.5. The van der Waals surface area contributed by atoms with E-state index in [2.05, 4.69) is 0 Å². The molecule has 2 aromatic rings. The lowest BCUT2D eigenvalue weighted by Crippen LogP contribution is -2.55. The van der Waals surface area contributed by atoms with Crippen LogP contribution in [-0.4, -0.2) is 131 Å². The number of para-hydroxylation sites is 1. The number of aliphatic carboxylic acids is 1. The van der Waals surface area contributed by atoms with Gasteiger partial charge in [-0.05, 0) is 29.8 Å². The number of rotatable bonds is 11. The molecule has 1 aliphatic heterocycles. The molecule has 3 rings (SSSR count). The third-order valence-electron chi connectivity index (χ3n) is 6.61. The Labute approximate surface area is 247 Å². The van der Waals surface area contributed by atoms with Crippen LogP contribution in [0.1, 0.15) is 32.4 Å². The molecule has 0 saturated carbocycles. The average molecular weight is 627 g/mol. The van der Waals surface area contributed by atoms with E-state index in [1.807, 2.05) is 10.6 Å². The van der Waals surface area contributed by atoms with Crippen molar-refractivity contribution in [2.24, 2.45) is 0 Å². The molecule has 240 valence electrons. The summed E-state index contributed by atoms with van der Waals surface area (Å²) in [6.07, 6.45) is -8.24. The molecule has 0 aromatic heterocycles. The molecule has 18 nitrogen and oxygen atoms in total. The second-order valence-corrected chi connectivity index (χ2v) is 9.56. The minimum atomic E-state index is -1.99. The van der Waals surface area contributed by atoms with E-state index < -0.39 is 120 Å². The molecule has 0 radical (unpaired) electrons. The fraction of sp³-hybridized carbons (Fsp3) is 0.385. The number of nitrogens with one attached hydrogen (secondary N) is 2. The van der Waals surface area contributed by atoms with E-state index in [0.29, 0.717) is 0 Å². The molecule has 18 heteroatoms. The van der Waals surface area contributed by atoms with Gasteiger partial charge in [0.25, 0.3) is 11.8 Å². The van der Waals surface area contributed by atoms with Gasteiger partial charge in [0.05, 0.1) is 24.3 Å². The lowest BCUT2D eigenvalue weighted by molar-refractivity contribution is -0.231. The molecule has 1 fully saturated rings. The number of amides is 2. The Bertz CT molecular complexity index is 1400. The van der Waals surface area contributed by atoms with Crippen LogP contribution in [0.2, 0.25) is 0 Å². The van der Waals surface area contributed by atoms with Gasteiger partial charge in [0, 0.05) is 0 Å². The molecule has 0 bridgehead atoms. The highest BCUT2D eigenvalue weighted by Gasteiger charge is 2.44. The van der Waals surface area contributed by atoms with E-state index in [1.165, 1.54) is 6.07 Å². The third-order valence-corrected chi connectivity index (χ3v) is 6.61. The van der Waals surface area contributed by atoms with Crippen molar-refractivity contribution >= 4 is 23.8 Å². The highest BCUT2D eigenvalue weighted by molar-refractivity contribution is 6.00. The Morgan fingerprint density at radius 1 is 0.818 bits per heavy atom. The van der Waals surface area contributed by atoms with Crippen molar-refractivity contribution in [3.63, 3.8) is 0 Å². The zero-order chi connectivity index (χ0) is 32.9. The van der Waals surface area contributed by atoms with Crippen LogP contribution in [0.5, 0.6) is 23.0 Å². The molecular weight excluding hydrogens is 596 g/mol. The Hall–Kier alpha value is -4.72. The van der Waals surface area contributed by atoms with Gasteiger partial charge in [0.15, 0.2) is 35.1 Å². The van der Waals surface area contributed by atoms with Crippen LogP contribution in [0.15, 0.2) is 30.3 Å². The predicted octanol–water partition coefficient (Wildman–Crippen LogP) is -3.46. The van der Waals surface area contributed by atoms with E-state index in [4.69, 9.17) is 9.47 Å². The number of phenolic OH excluding ortho intramolecular Hbond substituents is 4. The van der Waals surface area contributed by atoms with Crippen molar-refractivity contribution in [1.82, 2.24) is 10.6 Å². The number of aromatic hydroxyl groups is 4. The van der Waals surface area contributed by atoms with Gasteiger partial charge in [-0.2, -0.15) is 0 Å². The fourth-order valence-electron chi connectivity index (χ4n) is 4.16. The van der Waals surface area contributed by atoms with Crippen molar-refractivity contribution in [1.29, 1.82) is 0 Å². The summed E-state index contributed by atoms with van der Waals surface area (Å²) in [7, 11) is 0. The Kier molecular flexibility index (Phi) is 10.9. The normalized spacial score (nSPS) is 22.8. The standard InChI is InChI=1S/C26H30N2O16/c29-6-12(27-23(38)10-2-1-3-14(31)17(10)33)26(42)43-8-13(25(40)41)28-24(39)11-4-9(5-15(32)18(11)34)22-21(37)20(36)19(35)16(7-30)44-22/h1-5,12-13,16,19-22,29-37H,6-8H2,(H,27,38)(H,28,39)(H,40,41)/t12-,13-,16+,19+,20-,21+,22-/m0/s1. The number of hydrogen-bond acceptors (Lipinski definition) is 15. The molecule has 0 unspecified atom stereocenters. The molecule has 1 saturated heterocycles. The summed E-state index contributed by atoms with van der Waals surface area (Å²) in [5, 5.41) is 103. The first-order valence-corrected chi connectivity index (χ1v) is 12.7. The van der Waals surface area contributed by atoms with Crippen LogP contribution in [0.3, 0.4) is 0 Å². The maximum atomic E-state index is 12.9. The summed E-state index contributed by atoms with van der Waals surface area (Å²) in [5.41, 5.74) is -1.43. The van der Waals surface area contributed by atoms with Crippen LogP contribution >= 0.6 is 0 Å². The molecule has 12 N–H and O–H groups in total. The van der Waals surface area contributed by atoms with Crippen LogP contribution in [-0.2, 0) is 19.1 Å². The first-order chi connectivity index (χ1) is 20.7. The minimum Gasteiger partial charge on any atom is -0.504 e. The molecule has 2 amide bonds. The van der Waals surface area contributed by atoms with Crippen molar-refractivity contribution < 1.29 is 79.7 Å². The van der Waals surface area contributed by atoms with Gasteiger partial charge in [0.1, 0.15) is 37.1 Å². The number of aliphatic hydroxyl groups is 5. The summed E-state index contributed by atoms with van der Waals surface area (Å²) >= 11 is 0. The Balaban J connectivity index is 1.73. The lowest BCUT2D eigenvalue weighted by atomic mass is 9.90. The highest BCUT2D eigenvalue weighted by Crippen LogP contribution is 2.38. The molecule has 7 atom stereocenters. The van der Waals surface area contributed by atoms with E-state index in [-0.39, 0.29) is 5.56 Å². The number of esters is 1. The number of carbonyl (C=O) groups excluding carboxylic acids is 3. The van der Waals surface area contributed by atoms with Crippen molar-refractivity contribution in [3.8, 4) is 23.0 Å². The number of phenols is 4. The smallest absolute Gasteiger partial charge is 0.331 e. The van der Waals surface area contributed by atoms with Crippen LogP contribution in [0, 0.1) is 0 Å². The van der Waals surface area contributed by atoms with E-state index in [9.17, 15) is 70.2 Å². The molecule has 1 heterocycles. The van der Waals surface area contributed by atoms with Crippen LogP contribution in [0.25, 0.3) is 0 Å². The second-order valence-electron chi connectivity index (χ2n) is 9.56. The summed E-state index contributed by atoms with van der Waals surface area (Å²) in [6.45, 7) is -2.88. The maximum absolute atomic E-state index is 12.9. The number of carbonyl (C=O) groups is 4. The summed E-state index contributed by atoms with van der Waals surface area (Å²) in [6, 6.07) is 1.36. The average Bonchev–Trinajstić information content (AvgIpc) is 2.99. The predicted molar refractivity (Wildman–Crippen MR) is 140 cm³/mol. The van der Waals surface area contributed by atoms with Crippen LogP contribution in [0.4, 0.5) is 0 Å². The first kappa shape index (κ1) is 33.8. The zero-order valence-electron chi connectivity index (χ0n) is 22.5. The van der Waals surface area contributed by atoms with Gasteiger partial charge >= 0.3 is 11.9 Å². The number of ether oxygens (including phenoxy) is 2. The maximum Gasteiger partial charge on any atom is 0.331 e.